The van der Waals surface area contributed by atoms with E-state index in [-0.39, 0.29) is 23.5 Å². The third-order valence-corrected chi connectivity index (χ3v) is 4.62. The van der Waals surface area contributed by atoms with E-state index in [1.54, 1.807) is 0 Å². The van der Waals surface area contributed by atoms with Gasteiger partial charge in [0.05, 0.1) is 23.4 Å². The number of terminal acetylenes is 1. The number of rotatable bonds is 4. The summed E-state index contributed by atoms with van der Waals surface area (Å²) in [5.41, 5.74) is -0.0835. The first-order chi connectivity index (χ1) is 13.7. The summed E-state index contributed by atoms with van der Waals surface area (Å²) >= 11 is 0. The van der Waals surface area contributed by atoms with Crippen LogP contribution in [0.2, 0.25) is 0 Å². The maximum absolute atomic E-state index is 12.9. The Hall–Kier alpha value is -4.01. The Kier molecular flexibility index (Phi) is 3.48. The van der Waals surface area contributed by atoms with E-state index in [0.29, 0.717) is 16.4 Å². The number of nitrogens with zero attached hydrogens (tertiary/aromatic N) is 10. The first kappa shape index (κ1) is 16.2. The molecule has 0 saturated heterocycles. The standard InChI is InChI=1S/C16H12N10O2/c1-2-9(7-24-8-17-20-23-24)25-15(27)11-5-14-12(6-13(11)18-21-25)16(28)26(22-19-14)10-3-4-10/h1,5-6,8-10H,3-4,7H2. The molecule has 0 aliphatic heterocycles. The van der Waals surface area contributed by atoms with E-state index in [4.69, 9.17) is 6.42 Å². The summed E-state index contributed by atoms with van der Waals surface area (Å²) in [6, 6.07) is 2.37. The van der Waals surface area contributed by atoms with Gasteiger partial charge in [0, 0.05) is 0 Å². The van der Waals surface area contributed by atoms with Crippen LogP contribution in [-0.2, 0) is 6.54 Å². The number of hydrogen-bond acceptors (Lipinski definition) is 9. The van der Waals surface area contributed by atoms with Crippen LogP contribution in [0, 0.1) is 12.3 Å². The summed E-state index contributed by atoms with van der Waals surface area (Å²) in [7, 11) is 0. The number of hydrogen-bond donors (Lipinski definition) is 0. The van der Waals surface area contributed by atoms with Crippen molar-refractivity contribution in [2.45, 2.75) is 31.5 Å². The maximum Gasteiger partial charge on any atom is 0.278 e. The fraction of sp³-hybridized carbons (Fsp3) is 0.312. The van der Waals surface area contributed by atoms with Crippen molar-refractivity contribution < 1.29 is 0 Å². The zero-order valence-electron chi connectivity index (χ0n) is 14.4. The molecule has 1 unspecified atom stereocenters. The summed E-state index contributed by atoms with van der Waals surface area (Å²) in [6.07, 6.45) is 8.78. The van der Waals surface area contributed by atoms with E-state index in [9.17, 15) is 9.59 Å². The maximum atomic E-state index is 12.9. The molecule has 1 aromatic carbocycles. The predicted octanol–water partition coefficient (Wildman–Crippen LogP) is -0.908. The van der Waals surface area contributed by atoms with Gasteiger partial charge in [-0.15, -0.1) is 21.7 Å². The summed E-state index contributed by atoms with van der Waals surface area (Å²) in [5.74, 6) is 2.50. The van der Waals surface area contributed by atoms with Crippen LogP contribution in [0.15, 0.2) is 28.0 Å². The molecule has 1 atom stereocenters. The lowest BCUT2D eigenvalue weighted by Crippen LogP contribution is -2.30. The molecular formula is C16H12N10O2. The Morgan fingerprint density at radius 2 is 1.79 bits per heavy atom. The van der Waals surface area contributed by atoms with E-state index in [1.165, 1.54) is 27.8 Å². The van der Waals surface area contributed by atoms with E-state index in [2.05, 4.69) is 42.1 Å². The molecule has 0 bridgehead atoms. The Balaban J connectivity index is 1.65. The Bertz CT molecular complexity index is 1360. The first-order valence-corrected chi connectivity index (χ1v) is 8.51. The Labute approximate surface area is 155 Å². The van der Waals surface area contributed by atoms with Crippen LogP contribution < -0.4 is 11.1 Å². The molecule has 1 fully saturated rings. The lowest BCUT2D eigenvalue weighted by molar-refractivity contribution is 0.419. The van der Waals surface area contributed by atoms with Crippen molar-refractivity contribution in [1.82, 2.24) is 50.2 Å². The zero-order chi connectivity index (χ0) is 19.3. The molecule has 28 heavy (non-hydrogen) atoms. The van der Waals surface area contributed by atoms with Gasteiger partial charge in [0.15, 0.2) is 0 Å². The summed E-state index contributed by atoms with van der Waals surface area (Å²) in [4.78, 5) is 25.6. The van der Waals surface area contributed by atoms with Gasteiger partial charge in [-0.3, -0.25) is 9.59 Å². The van der Waals surface area contributed by atoms with Gasteiger partial charge in [0.2, 0.25) is 0 Å². The van der Waals surface area contributed by atoms with Crippen LogP contribution >= 0.6 is 0 Å². The van der Waals surface area contributed by atoms with Gasteiger partial charge >= 0.3 is 0 Å². The Morgan fingerprint density at radius 3 is 2.43 bits per heavy atom. The molecule has 1 aliphatic carbocycles. The third-order valence-electron chi connectivity index (χ3n) is 4.62. The second-order valence-electron chi connectivity index (χ2n) is 6.51. The molecule has 0 amide bonds. The van der Waals surface area contributed by atoms with E-state index in [0.717, 1.165) is 17.5 Å². The minimum atomic E-state index is -0.738. The smallest absolute Gasteiger partial charge is 0.267 e. The summed E-state index contributed by atoms with van der Waals surface area (Å²) < 4.78 is 3.87. The number of benzene rings is 1. The molecule has 5 rings (SSSR count). The van der Waals surface area contributed by atoms with Crippen molar-refractivity contribution in [3.05, 3.63) is 39.2 Å². The molecule has 4 aromatic rings. The molecule has 138 valence electrons. The second kappa shape index (κ2) is 6.02. The van der Waals surface area contributed by atoms with E-state index in [1.807, 2.05) is 0 Å². The highest BCUT2D eigenvalue weighted by Gasteiger charge is 2.27. The molecule has 1 aliphatic rings. The van der Waals surface area contributed by atoms with E-state index < -0.39 is 11.6 Å². The third kappa shape index (κ3) is 2.52. The molecule has 3 aromatic heterocycles. The molecule has 12 nitrogen and oxygen atoms in total. The van der Waals surface area contributed by atoms with E-state index >= 15 is 0 Å². The molecule has 0 spiro atoms. The van der Waals surface area contributed by atoms with Crippen molar-refractivity contribution in [1.29, 1.82) is 0 Å². The average Bonchev–Trinajstić information content (AvgIpc) is 3.42. The zero-order valence-corrected chi connectivity index (χ0v) is 14.4. The van der Waals surface area contributed by atoms with Crippen molar-refractivity contribution in [2.75, 3.05) is 0 Å². The van der Waals surface area contributed by atoms with Gasteiger partial charge in [0.25, 0.3) is 11.1 Å². The van der Waals surface area contributed by atoms with Crippen molar-refractivity contribution in [3.63, 3.8) is 0 Å². The Morgan fingerprint density at radius 1 is 1.07 bits per heavy atom. The van der Waals surface area contributed by atoms with Gasteiger partial charge < -0.3 is 0 Å². The fourth-order valence-electron chi connectivity index (χ4n) is 3.01. The van der Waals surface area contributed by atoms with Gasteiger partial charge in [0.1, 0.15) is 23.4 Å². The van der Waals surface area contributed by atoms with Crippen LogP contribution in [0.25, 0.3) is 21.8 Å². The van der Waals surface area contributed by atoms with Gasteiger partial charge in [-0.1, -0.05) is 16.3 Å². The van der Waals surface area contributed by atoms with Gasteiger partial charge in [-0.2, -0.15) is 4.68 Å². The lowest BCUT2D eigenvalue weighted by Gasteiger charge is -2.12. The highest BCUT2D eigenvalue weighted by Crippen LogP contribution is 2.32. The van der Waals surface area contributed by atoms with Crippen molar-refractivity contribution in [2.24, 2.45) is 0 Å². The molecule has 0 N–H and O–H groups in total. The molecule has 0 radical (unpaired) electrons. The highest BCUT2D eigenvalue weighted by atomic mass is 16.1. The monoisotopic (exact) mass is 376 g/mol. The average molecular weight is 376 g/mol. The summed E-state index contributed by atoms with van der Waals surface area (Å²) in [5, 5.41) is 27.5. The number of aromatic nitrogens is 10. The SMILES string of the molecule is C#CC(Cn1cnnn1)n1nnc2cc3c(=O)n(C4CC4)nnc3cc2c1=O. The second-order valence-corrected chi connectivity index (χ2v) is 6.51. The minimum Gasteiger partial charge on any atom is -0.267 e. The van der Waals surface area contributed by atoms with Crippen LogP contribution in [0.3, 0.4) is 0 Å². The number of tetrazole rings is 1. The van der Waals surface area contributed by atoms with Crippen LogP contribution in [0.5, 0.6) is 0 Å². The summed E-state index contributed by atoms with van der Waals surface area (Å²) in [6.45, 7) is 0.156. The van der Waals surface area contributed by atoms with Gasteiger partial charge in [-0.25, -0.2) is 9.36 Å². The molecule has 3 heterocycles. The van der Waals surface area contributed by atoms with Crippen LogP contribution in [0.1, 0.15) is 24.9 Å². The topological polar surface area (TPSA) is 139 Å². The predicted molar refractivity (Wildman–Crippen MR) is 95.1 cm³/mol. The normalized spacial score (nSPS) is 15.0. The first-order valence-electron chi connectivity index (χ1n) is 8.51. The number of fused-ring (bicyclic) bond motifs is 2. The molecular weight excluding hydrogens is 364 g/mol. The van der Waals surface area contributed by atoms with Crippen molar-refractivity contribution >= 4 is 21.8 Å². The fourth-order valence-corrected chi connectivity index (χ4v) is 3.01. The van der Waals surface area contributed by atoms with Gasteiger partial charge in [-0.05, 0) is 35.4 Å². The van der Waals surface area contributed by atoms with Crippen LogP contribution in [0.4, 0.5) is 0 Å². The highest BCUT2D eigenvalue weighted by molar-refractivity contribution is 5.93. The molecule has 1 saturated carbocycles. The quantitative estimate of drug-likeness (QED) is 0.327. The van der Waals surface area contributed by atoms with Crippen LogP contribution in [-0.4, -0.2) is 50.2 Å². The molecule has 12 heteroatoms. The van der Waals surface area contributed by atoms with Crippen molar-refractivity contribution in [3.8, 4) is 12.3 Å². The lowest BCUT2D eigenvalue weighted by atomic mass is 10.2. The minimum absolute atomic E-state index is 0.0989. The largest absolute Gasteiger partial charge is 0.278 e.